The molecule has 1 aromatic rings. The number of hydroxylamine groups is 2. The van der Waals surface area contributed by atoms with Gasteiger partial charge in [-0.25, -0.2) is 5.06 Å². The summed E-state index contributed by atoms with van der Waals surface area (Å²) in [7, 11) is 0. The molecule has 17 heavy (non-hydrogen) atoms. The lowest BCUT2D eigenvalue weighted by atomic mass is 10.1. The summed E-state index contributed by atoms with van der Waals surface area (Å²) >= 11 is 0. The molecule has 0 aliphatic carbocycles. The van der Waals surface area contributed by atoms with Crippen LogP contribution in [0.25, 0.3) is 0 Å². The van der Waals surface area contributed by atoms with Crippen LogP contribution < -0.4 is 0 Å². The molecular formula is C13H17NO3. The topological polar surface area (TPSA) is 49.8 Å². The van der Waals surface area contributed by atoms with E-state index in [0.717, 1.165) is 5.56 Å². The van der Waals surface area contributed by atoms with E-state index in [-0.39, 0.29) is 19.1 Å². The summed E-state index contributed by atoms with van der Waals surface area (Å²) in [6.45, 7) is 2.54. The Morgan fingerprint density at radius 1 is 1.59 bits per heavy atom. The standard InChI is InChI=1S/C13H17NO3/c1-10-3-2-4-11(7-10)5-6-13(16)14-8-12(15)9-17-14/h2-4,7,12,15H,5-6,8-9H2,1H3. The molecule has 1 fully saturated rings. The van der Waals surface area contributed by atoms with Crippen molar-refractivity contribution in [1.82, 2.24) is 5.06 Å². The van der Waals surface area contributed by atoms with Crippen LogP contribution in [0.5, 0.6) is 0 Å². The van der Waals surface area contributed by atoms with Gasteiger partial charge in [-0.15, -0.1) is 0 Å². The maximum atomic E-state index is 11.7. The zero-order valence-corrected chi connectivity index (χ0v) is 9.93. The number of carbonyl (C=O) groups is 1. The lowest BCUT2D eigenvalue weighted by Crippen LogP contribution is -2.28. The van der Waals surface area contributed by atoms with Crippen LogP contribution >= 0.6 is 0 Å². The Morgan fingerprint density at radius 2 is 2.41 bits per heavy atom. The Labute approximate surface area is 101 Å². The molecule has 4 nitrogen and oxygen atoms in total. The third-order valence-electron chi connectivity index (χ3n) is 2.79. The van der Waals surface area contributed by atoms with Crippen molar-refractivity contribution < 1.29 is 14.7 Å². The molecule has 1 aliphatic rings. The normalized spacial score (nSPS) is 19.6. The van der Waals surface area contributed by atoms with E-state index in [1.807, 2.05) is 25.1 Å². The van der Waals surface area contributed by atoms with Crippen molar-refractivity contribution >= 4 is 5.91 Å². The van der Waals surface area contributed by atoms with Gasteiger partial charge in [0.05, 0.1) is 12.6 Å². The number of carbonyl (C=O) groups excluding carboxylic acids is 1. The first kappa shape index (κ1) is 12.1. The van der Waals surface area contributed by atoms with Gasteiger partial charge in [-0.2, -0.15) is 0 Å². The molecule has 4 heteroatoms. The minimum absolute atomic E-state index is 0.0666. The van der Waals surface area contributed by atoms with Gasteiger partial charge in [-0.05, 0) is 18.9 Å². The van der Waals surface area contributed by atoms with Gasteiger partial charge in [0.1, 0.15) is 6.61 Å². The number of aryl methyl sites for hydroxylation is 2. The average Bonchev–Trinajstić information content (AvgIpc) is 2.73. The second-order valence-electron chi connectivity index (χ2n) is 4.39. The Balaban J connectivity index is 1.84. The van der Waals surface area contributed by atoms with Crippen LogP contribution in [0.1, 0.15) is 17.5 Å². The molecule has 0 spiro atoms. The van der Waals surface area contributed by atoms with Crippen molar-refractivity contribution in [3.63, 3.8) is 0 Å². The van der Waals surface area contributed by atoms with E-state index >= 15 is 0 Å². The summed E-state index contributed by atoms with van der Waals surface area (Å²) in [6, 6.07) is 8.11. The van der Waals surface area contributed by atoms with Crippen molar-refractivity contribution in [2.45, 2.75) is 25.9 Å². The SMILES string of the molecule is Cc1cccc(CCC(=O)N2CC(O)CO2)c1. The first-order valence-corrected chi connectivity index (χ1v) is 5.82. The van der Waals surface area contributed by atoms with E-state index in [4.69, 9.17) is 4.84 Å². The van der Waals surface area contributed by atoms with Gasteiger partial charge in [-0.1, -0.05) is 29.8 Å². The summed E-state index contributed by atoms with van der Waals surface area (Å²) < 4.78 is 0. The molecule has 1 amide bonds. The highest BCUT2D eigenvalue weighted by molar-refractivity contribution is 5.75. The van der Waals surface area contributed by atoms with Crippen molar-refractivity contribution in [3.8, 4) is 0 Å². The number of amides is 1. The van der Waals surface area contributed by atoms with Gasteiger partial charge in [0.25, 0.3) is 0 Å². The van der Waals surface area contributed by atoms with E-state index in [0.29, 0.717) is 12.8 Å². The van der Waals surface area contributed by atoms with Gasteiger partial charge in [0, 0.05) is 6.42 Å². The number of aliphatic hydroxyl groups is 1. The molecule has 92 valence electrons. The Morgan fingerprint density at radius 3 is 3.06 bits per heavy atom. The van der Waals surface area contributed by atoms with Crippen LogP contribution in [0, 0.1) is 6.92 Å². The molecular weight excluding hydrogens is 218 g/mol. The number of rotatable bonds is 3. The van der Waals surface area contributed by atoms with Crippen molar-refractivity contribution in [3.05, 3.63) is 35.4 Å². The van der Waals surface area contributed by atoms with Crippen LogP contribution in [0.3, 0.4) is 0 Å². The quantitative estimate of drug-likeness (QED) is 0.852. The second kappa shape index (κ2) is 5.29. The van der Waals surface area contributed by atoms with E-state index in [9.17, 15) is 9.90 Å². The Kier molecular flexibility index (Phi) is 3.76. The number of hydrogen-bond acceptors (Lipinski definition) is 3. The van der Waals surface area contributed by atoms with E-state index in [1.165, 1.54) is 10.6 Å². The summed E-state index contributed by atoms with van der Waals surface area (Å²) in [6.07, 6.45) is 0.574. The van der Waals surface area contributed by atoms with Crippen molar-refractivity contribution in [2.75, 3.05) is 13.2 Å². The highest BCUT2D eigenvalue weighted by atomic mass is 16.7. The Hall–Kier alpha value is -1.39. The van der Waals surface area contributed by atoms with E-state index in [2.05, 4.69) is 6.07 Å². The molecule has 0 bridgehead atoms. The van der Waals surface area contributed by atoms with E-state index < -0.39 is 6.10 Å². The monoisotopic (exact) mass is 235 g/mol. The van der Waals surface area contributed by atoms with Gasteiger partial charge >= 0.3 is 0 Å². The molecule has 1 N–H and O–H groups in total. The van der Waals surface area contributed by atoms with Crippen LogP contribution in [0.4, 0.5) is 0 Å². The first-order chi connectivity index (χ1) is 8.15. The van der Waals surface area contributed by atoms with Gasteiger partial charge in [0.15, 0.2) is 0 Å². The largest absolute Gasteiger partial charge is 0.389 e. The fourth-order valence-corrected chi connectivity index (χ4v) is 1.89. The number of hydrogen-bond donors (Lipinski definition) is 1. The number of aliphatic hydroxyl groups excluding tert-OH is 1. The predicted molar refractivity (Wildman–Crippen MR) is 63.2 cm³/mol. The average molecular weight is 235 g/mol. The molecule has 1 saturated heterocycles. The van der Waals surface area contributed by atoms with E-state index in [1.54, 1.807) is 0 Å². The molecule has 1 heterocycles. The Bertz CT molecular complexity index is 405. The maximum Gasteiger partial charge on any atom is 0.246 e. The smallest absolute Gasteiger partial charge is 0.246 e. The maximum absolute atomic E-state index is 11.7. The predicted octanol–water partition coefficient (Wildman–Crippen LogP) is 1.06. The fraction of sp³-hybridized carbons (Fsp3) is 0.462. The zero-order chi connectivity index (χ0) is 12.3. The molecule has 1 atom stereocenters. The first-order valence-electron chi connectivity index (χ1n) is 5.82. The molecule has 0 aromatic heterocycles. The zero-order valence-electron chi connectivity index (χ0n) is 9.93. The highest BCUT2D eigenvalue weighted by Crippen LogP contribution is 2.11. The van der Waals surface area contributed by atoms with Crippen LogP contribution in [-0.2, 0) is 16.1 Å². The van der Waals surface area contributed by atoms with Crippen LogP contribution in [0.2, 0.25) is 0 Å². The molecule has 1 aromatic carbocycles. The molecule has 0 saturated carbocycles. The van der Waals surface area contributed by atoms with Crippen LogP contribution in [-0.4, -0.2) is 35.3 Å². The van der Waals surface area contributed by atoms with Gasteiger partial charge in [0.2, 0.25) is 5.91 Å². The van der Waals surface area contributed by atoms with Gasteiger partial charge < -0.3 is 5.11 Å². The second-order valence-corrected chi connectivity index (χ2v) is 4.39. The highest BCUT2D eigenvalue weighted by Gasteiger charge is 2.25. The van der Waals surface area contributed by atoms with Gasteiger partial charge in [-0.3, -0.25) is 9.63 Å². The molecule has 2 rings (SSSR count). The summed E-state index contributed by atoms with van der Waals surface area (Å²) in [5.74, 6) is -0.0666. The number of benzene rings is 1. The lowest BCUT2D eigenvalue weighted by Gasteiger charge is -2.13. The summed E-state index contributed by atoms with van der Waals surface area (Å²) in [5, 5.41) is 10.5. The lowest BCUT2D eigenvalue weighted by molar-refractivity contribution is -0.168. The number of nitrogens with zero attached hydrogens (tertiary/aromatic N) is 1. The van der Waals surface area contributed by atoms with Crippen LogP contribution in [0.15, 0.2) is 24.3 Å². The van der Waals surface area contributed by atoms with Crippen molar-refractivity contribution in [2.24, 2.45) is 0 Å². The molecule has 1 unspecified atom stereocenters. The number of β-amino-alcohol motifs (C(OH)–C–C–N with tert-alkyl or cyclic N) is 1. The van der Waals surface area contributed by atoms with Crippen molar-refractivity contribution in [1.29, 1.82) is 0 Å². The summed E-state index contributed by atoms with van der Waals surface area (Å²) in [4.78, 5) is 16.8. The minimum Gasteiger partial charge on any atom is -0.389 e. The fourth-order valence-electron chi connectivity index (χ4n) is 1.89. The third kappa shape index (κ3) is 3.28. The third-order valence-corrected chi connectivity index (χ3v) is 2.79. The summed E-state index contributed by atoms with van der Waals surface area (Å²) in [5.41, 5.74) is 2.35. The molecule has 0 radical (unpaired) electrons. The minimum atomic E-state index is -0.544. The molecule has 1 aliphatic heterocycles.